The summed E-state index contributed by atoms with van der Waals surface area (Å²) < 4.78 is 0. The van der Waals surface area contributed by atoms with Crippen molar-refractivity contribution in [2.75, 3.05) is 11.9 Å². The van der Waals surface area contributed by atoms with Gasteiger partial charge in [-0.05, 0) is 17.5 Å². The van der Waals surface area contributed by atoms with Crippen molar-refractivity contribution in [2.45, 2.75) is 13.8 Å². The van der Waals surface area contributed by atoms with Crippen LogP contribution < -0.4 is 5.32 Å². The Kier molecular flexibility index (Phi) is 2.73. The van der Waals surface area contributed by atoms with Gasteiger partial charge >= 0.3 is 0 Å². The Morgan fingerprint density at radius 2 is 2.27 bits per heavy atom. The molecule has 2 rings (SSSR count). The highest BCUT2D eigenvalue weighted by Gasteiger charge is 2.08. The standard InChI is InChI=1S/C9H12ClN5/c1-5(2)3-11-7-6-8(13-4-12-6)15-9(10)14-7/h4-5H,3H2,1-2H3,(H2,11,12,13,14,15). The number of nitrogens with zero attached hydrogens (tertiary/aromatic N) is 3. The SMILES string of the molecule is CC(C)CNc1nc(Cl)nc2nc[nH]c12. The van der Waals surface area contributed by atoms with Crippen LogP contribution in [0.15, 0.2) is 6.33 Å². The van der Waals surface area contributed by atoms with E-state index in [1.165, 1.54) is 0 Å². The molecule has 6 heteroatoms. The van der Waals surface area contributed by atoms with Gasteiger partial charge in [0.05, 0.1) is 6.33 Å². The zero-order valence-electron chi connectivity index (χ0n) is 8.58. The summed E-state index contributed by atoms with van der Waals surface area (Å²) in [5, 5.41) is 3.42. The van der Waals surface area contributed by atoms with Crippen LogP contribution in [0.3, 0.4) is 0 Å². The maximum atomic E-state index is 5.78. The summed E-state index contributed by atoms with van der Waals surface area (Å²) >= 11 is 5.78. The normalized spacial score (nSPS) is 11.2. The highest BCUT2D eigenvalue weighted by Crippen LogP contribution is 2.18. The molecule has 0 amide bonds. The number of aromatic amines is 1. The van der Waals surface area contributed by atoms with Gasteiger partial charge in [0.2, 0.25) is 5.28 Å². The zero-order valence-corrected chi connectivity index (χ0v) is 9.34. The van der Waals surface area contributed by atoms with Gasteiger partial charge in [-0.25, -0.2) is 4.98 Å². The summed E-state index contributed by atoms with van der Waals surface area (Å²) in [7, 11) is 0. The molecule has 2 heterocycles. The van der Waals surface area contributed by atoms with Gasteiger partial charge in [0, 0.05) is 6.54 Å². The smallest absolute Gasteiger partial charge is 0.226 e. The van der Waals surface area contributed by atoms with Crippen LogP contribution in [-0.4, -0.2) is 26.5 Å². The molecule has 0 saturated heterocycles. The van der Waals surface area contributed by atoms with Crippen LogP contribution in [0.4, 0.5) is 5.82 Å². The summed E-state index contributed by atoms with van der Waals surface area (Å²) in [5.41, 5.74) is 1.38. The third kappa shape index (κ3) is 2.18. The van der Waals surface area contributed by atoms with E-state index in [1.54, 1.807) is 6.33 Å². The minimum Gasteiger partial charge on any atom is -0.368 e. The Balaban J connectivity index is 2.35. The highest BCUT2D eigenvalue weighted by atomic mass is 35.5. The van der Waals surface area contributed by atoms with Crippen molar-refractivity contribution in [2.24, 2.45) is 5.92 Å². The fourth-order valence-corrected chi connectivity index (χ4v) is 1.40. The Morgan fingerprint density at radius 3 is 3.00 bits per heavy atom. The Bertz CT molecular complexity index is 464. The molecule has 5 nitrogen and oxygen atoms in total. The topological polar surface area (TPSA) is 66.5 Å². The monoisotopic (exact) mass is 225 g/mol. The quantitative estimate of drug-likeness (QED) is 0.785. The van der Waals surface area contributed by atoms with E-state index in [-0.39, 0.29) is 5.28 Å². The fourth-order valence-electron chi connectivity index (χ4n) is 1.24. The molecule has 80 valence electrons. The lowest BCUT2D eigenvalue weighted by atomic mass is 10.2. The number of H-pyrrole nitrogens is 1. The molecular weight excluding hydrogens is 214 g/mol. The van der Waals surface area contributed by atoms with Crippen molar-refractivity contribution in [3.63, 3.8) is 0 Å². The Labute approximate surface area is 92.3 Å². The van der Waals surface area contributed by atoms with E-state index in [0.717, 1.165) is 12.1 Å². The fraction of sp³-hybridized carbons (Fsp3) is 0.444. The van der Waals surface area contributed by atoms with Crippen LogP contribution in [0.2, 0.25) is 5.28 Å². The summed E-state index contributed by atoms with van der Waals surface area (Å²) in [6.45, 7) is 5.08. The molecule has 0 saturated carbocycles. The molecule has 0 bridgehead atoms. The molecule has 0 aliphatic carbocycles. The van der Waals surface area contributed by atoms with Gasteiger partial charge in [0.15, 0.2) is 11.5 Å². The minimum atomic E-state index is 0.209. The van der Waals surface area contributed by atoms with Crippen LogP contribution in [0.25, 0.3) is 11.2 Å². The molecule has 0 unspecified atom stereocenters. The second-order valence-corrected chi connectivity index (χ2v) is 4.06. The lowest BCUT2D eigenvalue weighted by molar-refractivity contribution is 0.687. The van der Waals surface area contributed by atoms with E-state index < -0.39 is 0 Å². The first-order valence-corrected chi connectivity index (χ1v) is 5.15. The lowest BCUT2D eigenvalue weighted by Crippen LogP contribution is -2.10. The summed E-state index contributed by atoms with van der Waals surface area (Å²) in [4.78, 5) is 15.1. The zero-order chi connectivity index (χ0) is 10.8. The number of fused-ring (bicyclic) bond motifs is 1. The number of anilines is 1. The molecule has 0 spiro atoms. The largest absolute Gasteiger partial charge is 0.368 e. The molecule has 0 aromatic carbocycles. The number of halogens is 1. The van der Waals surface area contributed by atoms with Crippen LogP contribution in [0.5, 0.6) is 0 Å². The molecular formula is C9H12ClN5. The first-order valence-electron chi connectivity index (χ1n) is 4.77. The van der Waals surface area contributed by atoms with Crippen molar-refractivity contribution in [1.29, 1.82) is 0 Å². The van der Waals surface area contributed by atoms with E-state index in [0.29, 0.717) is 17.4 Å². The molecule has 0 radical (unpaired) electrons. The summed E-state index contributed by atoms with van der Waals surface area (Å²) in [6.07, 6.45) is 1.58. The third-order valence-corrected chi connectivity index (χ3v) is 2.11. The van der Waals surface area contributed by atoms with Crippen molar-refractivity contribution in [1.82, 2.24) is 19.9 Å². The third-order valence-electron chi connectivity index (χ3n) is 1.94. The Morgan fingerprint density at radius 1 is 1.47 bits per heavy atom. The first-order chi connectivity index (χ1) is 7.16. The van der Waals surface area contributed by atoms with Gasteiger partial charge < -0.3 is 10.3 Å². The Hall–Kier alpha value is -1.36. The van der Waals surface area contributed by atoms with E-state index in [1.807, 2.05) is 0 Å². The van der Waals surface area contributed by atoms with Crippen molar-refractivity contribution in [3.8, 4) is 0 Å². The molecule has 2 N–H and O–H groups in total. The van der Waals surface area contributed by atoms with E-state index in [9.17, 15) is 0 Å². The lowest BCUT2D eigenvalue weighted by Gasteiger charge is -2.08. The van der Waals surface area contributed by atoms with Gasteiger partial charge in [-0.2, -0.15) is 9.97 Å². The first kappa shape index (κ1) is 10.2. The van der Waals surface area contributed by atoms with Crippen LogP contribution in [-0.2, 0) is 0 Å². The molecule has 15 heavy (non-hydrogen) atoms. The average molecular weight is 226 g/mol. The number of imidazole rings is 1. The minimum absolute atomic E-state index is 0.209. The molecule has 2 aromatic rings. The molecule has 0 fully saturated rings. The number of hydrogen-bond donors (Lipinski definition) is 2. The van der Waals surface area contributed by atoms with E-state index in [2.05, 4.69) is 39.1 Å². The molecule has 2 aromatic heterocycles. The van der Waals surface area contributed by atoms with Gasteiger partial charge in [0.1, 0.15) is 5.52 Å². The maximum Gasteiger partial charge on any atom is 0.226 e. The second-order valence-electron chi connectivity index (χ2n) is 3.72. The van der Waals surface area contributed by atoms with E-state index >= 15 is 0 Å². The maximum absolute atomic E-state index is 5.78. The molecule has 0 aliphatic rings. The second kappa shape index (κ2) is 4.02. The summed E-state index contributed by atoms with van der Waals surface area (Å²) in [5.74, 6) is 1.24. The van der Waals surface area contributed by atoms with Crippen molar-refractivity contribution < 1.29 is 0 Å². The highest BCUT2D eigenvalue weighted by molar-refractivity contribution is 6.28. The van der Waals surface area contributed by atoms with Crippen molar-refractivity contribution in [3.05, 3.63) is 11.6 Å². The average Bonchev–Trinajstić information content (AvgIpc) is 2.61. The summed E-state index contributed by atoms with van der Waals surface area (Å²) in [6, 6.07) is 0. The van der Waals surface area contributed by atoms with Gasteiger partial charge in [-0.1, -0.05) is 13.8 Å². The number of hydrogen-bond acceptors (Lipinski definition) is 4. The van der Waals surface area contributed by atoms with Gasteiger partial charge in [-0.15, -0.1) is 0 Å². The van der Waals surface area contributed by atoms with Crippen LogP contribution >= 0.6 is 11.6 Å². The van der Waals surface area contributed by atoms with Crippen molar-refractivity contribution >= 4 is 28.6 Å². The predicted molar refractivity (Wildman–Crippen MR) is 60.0 cm³/mol. The van der Waals surface area contributed by atoms with Crippen LogP contribution in [0, 0.1) is 5.92 Å². The molecule has 0 aliphatic heterocycles. The number of aromatic nitrogens is 4. The number of nitrogens with one attached hydrogen (secondary N) is 2. The van der Waals surface area contributed by atoms with Gasteiger partial charge in [-0.3, -0.25) is 0 Å². The van der Waals surface area contributed by atoms with Gasteiger partial charge in [0.25, 0.3) is 0 Å². The molecule has 0 atom stereocenters. The van der Waals surface area contributed by atoms with Crippen LogP contribution in [0.1, 0.15) is 13.8 Å². The predicted octanol–water partition coefficient (Wildman–Crippen LogP) is 2.07. The van der Waals surface area contributed by atoms with E-state index in [4.69, 9.17) is 11.6 Å². The number of rotatable bonds is 3.